The SMILES string of the molecule is CC1=CC(C)(C)N(C(=O)c2ccc(-c3ccccc3)cc2)c2ccc(OC(=O)c3ccc(-c4ccccc4)cc3)cc21. The predicted octanol–water partition coefficient (Wildman–Crippen LogP) is 9.08. The topological polar surface area (TPSA) is 46.6 Å². The maximum absolute atomic E-state index is 13.9. The molecular formula is C38H31NO3. The Bertz CT molecular complexity index is 1790. The second-order valence-electron chi connectivity index (χ2n) is 11.1. The molecule has 1 amide bonds. The largest absolute Gasteiger partial charge is 0.423 e. The lowest BCUT2D eigenvalue weighted by atomic mass is 9.88. The highest BCUT2D eigenvalue weighted by atomic mass is 16.5. The summed E-state index contributed by atoms with van der Waals surface area (Å²) in [5.41, 5.74) is 7.46. The Morgan fingerprint density at radius 1 is 0.619 bits per heavy atom. The highest BCUT2D eigenvalue weighted by molar-refractivity contribution is 6.10. The number of anilines is 1. The minimum Gasteiger partial charge on any atom is -0.423 e. The summed E-state index contributed by atoms with van der Waals surface area (Å²) in [6.07, 6.45) is 2.08. The number of nitrogens with zero attached hydrogens (tertiary/aromatic N) is 1. The molecular weight excluding hydrogens is 518 g/mol. The molecule has 0 aliphatic carbocycles. The summed E-state index contributed by atoms with van der Waals surface area (Å²) < 4.78 is 5.78. The van der Waals surface area contributed by atoms with E-state index in [0.717, 1.165) is 39.1 Å². The van der Waals surface area contributed by atoms with Crippen LogP contribution in [0.15, 0.2) is 133 Å². The standard InChI is InChI=1S/C38H31NO3/c1-26-25-38(2,3)39(36(40)31-18-14-29(15-19-31)27-10-6-4-7-11-27)35-23-22-33(24-34(26)35)42-37(41)32-20-16-30(17-21-32)28-12-8-5-9-13-28/h4-25H,1-3H3. The number of hydrogen-bond acceptors (Lipinski definition) is 3. The Morgan fingerprint density at radius 2 is 1.12 bits per heavy atom. The zero-order chi connectivity index (χ0) is 29.3. The van der Waals surface area contributed by atoms with Crippen molar-refractivity contribution in [1.29, 1.82) is 0 Å². The molecule has 206 valence electrons. The third kappa shape index (κ3) is 5.27. The van der Waals surface area contributed by atoms with Crippen molar-refractivity contribution in [2.75, 3.05) is 4.90 Å². The molecule has 0 saturated heterocycles. The van der Waals surface area contributed by atoms with Crippen LogP contribution in [0.3, 0.4) is 0 Å². The fourth-order valence-corrected chi connectivity index (χ4v) is 5.60. The summed E-state index contributed by atoms with van der Waals surface area (Å²) in [4.78, 5) is 28.7. The summed E-state index contributed by atoms with van der Waals surface area (Å²) >= 11 is 0. The van der Waals surface area contributed by atoms with Gasteiger partial charge < -0.3 is 4.74 Å². The van der Waals surface area contributed by atoms with Gasteiger partial charge in [-0.15, -0.1) is 0 Å². The molecule has 1 aliphatic rings. The normalized spacial score (nSPS) is 13.6. The summed E-state index contributed by atoms with van der Waals surface area (Å²) in [6, 6.07) is 40.7. The monoisotopic (exact) mass is 549 g/mol. The van der Waals surface area contributed by atoms with Crippen LogP contribution in [-0.2, 0) is 0 Å². The lowest BCUT2D eigenvalue weighted by Crippen LogP contribution is -2.49. The van der Waals surface area contributed by atoms with Crippen LogP contribution in [-0.4, -0.2) is 17.4 Å². The number of allylic oxidation sites excluding steroid dienone is 1. The average molecular weight is 550 g/mol. The number of rotatable bonds is 5. The molecule has 0 unspecified atom stereocenters. The fraction of sp³-hybridized carbons (Fsp3) is 0.105. The minimum atomic E-state index is -0.551. The van der Waals surface area contributed by atoms with Gasteiger partial charge in [0.2, 0.25) is 0 Å². The van der Waals surface area contributed by atoms with Crippen LogP contribution in [0.2, 0.25) is 0 Å². The van der Waals surface area contributed by atoms with Gasteiger partial charge in [-0.2, -0.15) is 0 Å². The summed E-state index contributed by atoms with van der Waals surface area (Å²) in [5, 5.41) is 0. The molecule has 0 fully saturated rings. The quantitative estimate of drug-likeness (QED) is 0.162. The van der Waals surface area contributed by atoms with E-state index in [1.807, 2.05) is 123 Å². The molecule has 6 rings (SSSR count). The number of fused-ring (bicyclic) bond motifs is 1. The van der Waals surface area contributed by atoms with Crippen molar-refractivity contribution in [3.05, 3.63) is 150 Å². The van der Waals surface area contributed by atoms with Crippen LogP contribution in [0, 0.1) is 0 Å². The predicted molar refractivity (Wildman–Crippen MR) is 170 cm³/mol. The van der Waals surface area contributed by atoms with Crippen LogP contribution < -0.4 is 9.64 Å². The Morgan fingerprint density at radius 3 is 1.67 bits per heavy atom. The third-order valence-electron chi connectivity index (χ3n) is 7.66. The van der Waals surface area contributed by atoms with E-state index in [9.17, 15) is 9.59 Å². The Labute approximate surface area is 246 Å². The zero-order valence-electron chi connectivity index (χ0n) is 23.9. The lowest BCUT2D eigenvalue weighted by Gasteiger charge is -2.41. The summed E-state index contributed by atoms with van der Waals surface area (Å²) in [5.74, 6) is -0.0930. The van der Waals surface area contributed by atoms with Crippen molar-refractivity contribution in [3.63, 3.8) is 0 Å². The maximum atomic E-state index is 13.9. The average Bonchev–Trinajstić information content (AvgIpc) is 3.02. The molecule has 4 nitrogen and oxygen atoms in total. The fourth-order valence-electron chi connectivity index (χ4n) is 5.60. The third-order valence-corrected chi connectivity index (χ3v) is 7.66. The first-order valence-electron chi connectivity index (χ1n) is 14.0. The molecule has 4 heteroatoms. The van der Waals surface area contributed by atoms with E-state index < -0.39 is 11.5 Å². The Balaban J connectivity index is 1.24. The van der Waals surface area contributed by atoms with Gasteiger partial charge in [0, 0.05) is 11.1 Å². The number of carbonyl (C=O) groups is 2. The van der Waals surface area contributed by atoms with Gasteiger partial charge in [0.1, 0.15) is 5.75 Å². The van der Waals surface area contributed by atoms with Crippen molar-refractivity contribution in [2.45, 2.75) is 26.3 Å². The zero-order valence-corrected chi connectivity index (χ0v) is 23.9. The molecule has 0 bridgehead atoms. The first kappa shape index (κ1) is 27.0. The van der Waals surface area contributed by atoms with Crippen molar-refractivity contribution in [3.8, 4) is 28.0 Å². The van der Waals surface area contributed by atoms with Crippen LogP contribution in [0.1, 0.15) is 47.1 Å². The van der Waals surface area contributed by atoms with Crippen LogP contribution >= 0.6 is 0 Å². The van der Waals surface area contributed by atoms with Gasteiger partial charge in [0.05, 0.1) is 16.8 Å². The van der Waals surface area contributed by atoms with Crippen molar-refractivity contribution >= 4 is 23.1 Å². The summed E-state index contributed by atoms with van der Waals surface area (Å²) in [6.45, 7) is 6.08. The van der Waals surface area contributed by atoms with E-state index in [1.165, 1.54) is 0 Å². The number of amides is 1. The molecule has 5 aromatic rings. The maximum Gasteiger partial charge on any atom is 0.343 e. The van der Waals surface area contributed by atoms with E-state index in [-0.39, 0.29) is 5.91 Å². The molecule has 0 aromatic heterocycles. The number of ether oxygens (including phenoxy) is 1. The number of carbonyl (C=O) groups excluding carboxylic acids is 2. The van der Waals surface area contributed by atoms with Crippen LogP contribution in [0.5, 0.6) is 5.75 Å². The molecule has 1 heterocycles. The second-order valence-corrected chi connectivity index (χ2v) is 11.1. The Kier molecular flexibility index (Phi) is 7.05. The van der Waals surface area contributed by atoms with Gasteiger partial charge in [-0.25, -0.2) is 4.79 Å². The molecule has 0 radical (unpaired) electrons. The van der Waals surface area contributed by atoms with Crippen LogP contribution in [0.25, 0.3) is 27.8 Å². The first-order valence-corrected chi connectivity index (χ1v) is 14.0. The summed E-state index contributed by atoms with van der Waals surface area (Å²) in [7, 11) is 0. The molecule has 0 spiro atoms. The lowest BCUT2D eigenvalue weighted by molar-refractivity contribution is 0.0734. The molecule has 1 aliphatic heterocycles. The van der Waals surface area contributed by atoms with E-state index in [4.69, 9.17) is 4.74 Å². The number of benzene rings is 5. The van der Waals surface area contributed by atoms with Gasteiger partial charge in [0.25, 0.3) is 5.91 Å². The van der Waals surface area contributed by atoms with Crippen molar-refractivity contribution in [2.24, 2.45) is 0 Å². The van der Waals surface area contributed by atoms with Crippen molar-refractivity contribution in [1.82, 2.24) is 0 Å². The second kappa shape index (κ2) is 11.0. The van der Waals surface area contributed by atoms with Crippen molar-refractivity contribution < 1.29 is 14.3 Å². The van der Waals surface area contributed by atoms with Gasteiger partial charge >= 0.3 is 5.97 Å². The van der Waals surface area contributed by atoms with E-state index in [2.05, 4.69) is 18.2 Å². The molecule has 42 heavy (non-hydrogen) atoms. The van der Waals surface area contributed by atoms with Gasteiger partial charge in [-0.1, -0.05) is 91.0 Å². The number of hydrogen-bond donors (Lipinski definition) is 0. The van der Waals surface area contributed by atoms with Gasteiger partial charge in [0.15, 0.2) is 0 Å². The number of esters is 1. The first-order chi connectivity index (χ1) is 20.3. The van der Waals surface area contributed by atoms with Crippen LogP contribution in [0.4, 0.5) is 5.69 Å². The highest BCUT2D eigenvalue weighted by Crippen LogP contribution is 2.41. The van der Waals surface area contributed by atoms with Gasteiger partial charge in [-0.05, 0) is 91.1 Å². The molecule has 0 atom stereocenters. The molecule has 5 aromatic carbocycles. The van der Waals surface area contributed by atoms with E-state index in [0.29, 0.717) is 16.9 Å². The molecule has 0 saturated carbocycles. The van der Waals surface area contributed by atoms with E-state index in [1.54, 1.807) is 18.2 Å². The minimum absolute atomic E-state index is 0.0899. The smallest absolute Gasteiger partial charge is 0.343 e. The Hall–Kier alpha value is -5.22. The highest BCUT2D eigenvalue weighted by Gasteiger charge is 2.36. The molecule has 0 N–H and O–H groups in total. The van der Waals surface area contributed by atoms with E-state index >= 15 is 0 Å². The van der Waals surface area contributed by atoms with Gasteiger partial charge in [-0.3, -0.25) is 9.69 Å².